The van der Waals surface area contributed by atoms with Gasteiger partial charge in [-0.25, -0.2) is 4.79 Å². The first kappa shape index (κ1) is 18.9. The standard InChI is InChI=1S/C18H24ClN3O4/c19-15-3-1-14(2-4-15)16(21-7-10-25-11-8-21)13-20-17(23)5-6-22-9-12-26-18(22)24/h1-4,16H,5-13H2,(H,20,23). The van der Waals surface area contributed by atoms with Crippen molar-refractivity contribution in [3.8, 4) is 0 Å². The Morgan fingerprint density at radius 3 is 2.54 bits per heavy atom. The van der Waals surface area contributed by atoms with Crippen molar-refractivity contribution in [2.75, 3.05) is 52.5 Å². The van der Waals surface area contributed by atoms with Crippen LogP contribution in [0.1, 0.15) is 18.0 Å². The Kier molecular flexibility index (Phi) is 6.71. The van der Waals surface area contributed by atoms with Gasteiger partial charge in [0.2, 0.25) is 5.91 Å². The van der Waals surface area contributed by atoms with Crippen molar-refractivity contribution in [3.63, 3.8) is 0 Å². The van der Waals surface area contributed by atoms with E-state index in [9.17, 15) is 9.59 Å². The average molecular weight is 382 g/mol. The maximum atomic E-state index is 12.2. The van der Waals surface area contributed by atoms with Crippen LogP contribution in [-0.2, 0) is 14.3 Å². The highest BCUT2D eigenvalue weighted by Gasteiger charge is 2.24. The van der Waals surface area contributed by atoms with E-state index in [-0.39, 0.29) is 24.5 Å². The average Bonchev–Trinajstić information content (AvgIpc) is 3.07. The summed E-state index contributed by atoms with van der Waals surface area (Å²) >= 11 is 6.00. The summed E-state index contributed by atoms with van der Waals surface area (Å²) in [5.74, 6) is -0.0723. The van der Waals surface area contributed by atoms with Crippen molar-refractivity contribution in [1.82, 2.24) is 15.1 Å². The van der Waals surface area contributed by atoms with Gasteiger partial charge in [0.15, 0.2) is 0 Å². The van der Waals surface area contributed by atoms with E-state index < -0.39 is 0 Å². The maximum absolute atomic E-state index is 12.2. The first-order valence-electron chi connectivity index (χ1n) is 8.89. The van der Waals surface area contributed by atoms with Crippen molar-refractivity contribution < 1.29 is 19.1 Å². The minimum absolute atomic E-state index is 0.0665. The van der Waals surface area contributed by atoms with E-state index in [4.69, 9.17) is 21.1 Å². The maximum Gasteiger partial charge on any atom is 0.409 e. The first-order chi connectivity index (χ1) is 12.6. The van der Waals surface area contributed by atoms with Crippen LogP contribution in [0.4, 0.5) is 4.79 Å². The first-order valence-corrected chi connectivity index (χ1v) is 9.27. The Hall–Kier alpha value is -1.83. The molecule has 0 bridgehead atoms. The number of cyclic esters (lactones) is 1. The van der Waals surface area contributed by atoms with Crippen molar-refractivity contribution in [2.24, 2.45) is 0 Å². The van der Waals surface area contributed by atoms with Crippen molar-refractivity contribution in [3.05, 3.63) is 34.9 Å². The highest BCUT2D eigenvalue weighted by Crippen LogP contribution is 2.23. The zero-order chi connectivity index (χ0) is 18.4. The van der Waals surface area contributed by atoms with Crippen LogP contribution in [0.25, 0.3) is 0 Å². The quantitative estimate of drug-likeness (QED) is 0.778. The zero-order valence-corrected chi connectivity index (χ0v) is 15.4. The smallest absolute Gasteiger partial charge is 0.409 e. The summed E-state index contributed by atoms with van der Waals surface area (Å²) in [5, 5.41) is 3.69. The molecule has 26 heavy (non-hydrogen) atoms. The van der Waals surface area contributed by atoms with Crippen LogP contribution < -0.4 is 5.32 Å². The minimum atomic E-state index is -0.342. The number of ether oxygens (including phenoxy) is 2. The Labute approximate surface area is 158 Å². The second kappa shape index (κ2) is 9.21. The van der Waals surface area contributed by atoms with Crippen LogP contribution in [0.15, 0.2) is 24.3 Å². The summed E-state index contributed by atoms with van der Waals surface area (Å²) in [4.78, 5) is 27.5. The number of morpholine rings is 1. The van der Waals surface area contributed by atoms with Gasteiger partial charge >= 0.3 is 6.09 Å². The molecule has 0 radical (unpaired) electrons. The summed E-state index contributed by atoms with van der Waals surface area (Å²) in [6.07, 6.45) is -0.0731. The molecule has 2 saturated heterocycles. The molecule has 1 atom stereocenters. The molecule has 1 unspecified atom stereocenters. The summed E-state index contributed by atoms with van der Waals surface area (Å²) in [6.45, 7) is 4.86. The van der Waals surface area contributed by atoms with Gasteiger partial charge in [0.05, 0.1) is 25.8 Å². The van der Waals surface area contributed by atoms with Gasteiger partial charge in [-0.3, -0.25) is 9.69 Å². The van der Waals surface area contributed by atoms with Crippen molar-refractivity contribution in [2.45, 2.75) is 12.5 Å². The number of hydrogen-bond donors (Lipinski definition) is 1. The Morgan fingerprint density at radius 1 is 1.15 bits per heavy atom. The van der Waals surface area contributed by atoms with Gasteiger partial charge in [0, 0.05) is 37.6 Å². The van der Waals surface area contributed by atoms with Crippen LogP contribution in [-0.4, -0.2) is 74.3 Å². The molecule has 3 rings (SSSR count). The van der Waals surface area contributed by atoms with Gasteiger partial charge < -0.3 is 19.7 Å². The van der Waals surface area contributed by atoms with Gasteiger partial charge in [0.25, 0.3) is 0 Å². The summed E-state index contributed by atoms with van der Waals surface area (Å²) in [6, 6.07) is 7.79. The third kappa shape index (κ3) is 5.09. The highest BCUT2D eigenvalue weighted by atomic mass is 35.5. The summed E-state index contributed by atoms with van der Waals surface area (Å²) in [7, 11) is 0. The lowest BCUT2D eigenvalue weighted by molar-refractivity contribution is -0.121. The Bertz CT molecular complexity index is 619. The number of benzene rings is 1. The molecule has 2 aliphatic heterocycles. The number of halogens is 1. The molecule has 2 amide bonds. The molecule has 0 aliphatic carbocycles. The third-order valence-corrected chi connectivity index (χ3v) is 4.94. The molecular weight excluding hydrogens is 358 g/mol. The second-order valence-electron chi connectivity index (χ2n) is 6.37. The molecule has 142 valence electrons. The van der Waals surface area contributed by atoms with Crippen LogP contribution in [0.5, 0.6) is 0 Å². The molecule has 2 heterocycles. The number of nitrogens with zero attached hydrogens (tertiary/aromatic N) is 2. The number of rotatable bonds is 7. The van der Waals surface area contributed by atoms with Crippen LogP contribution in [0, 0.1) is 0 Å². The molecule has 8 heteroatoms. The molecule has 1 aromatic rings. The van der Waals surface area contributed by atoms with E-state index in [1.807, 2.05) is 24.3 Å². The minimum Gasteiger partial charge on any atom is -0.448 e. The van der Waals surface area contributed by atoms with Gasteiger partial charge in [0.1, 0.15) is 6.61 Å². The second-order valence-corrected chi connectivity index (χ2v) is 6.81. The predicted molar refractivity (Wildman–Crippen MR) is 97.1 cm³/mol. The Balaban J connectivity index is 1.55. The monoisotopic (exact) mass is 381 g/mol. The lowest BCUT2D eigenvalue weighted by Gasteiger charge is -2.35. The van der Waals surface area contributed by atoms with Crippen molar-refractivity contribution >= 4 is 23.6 Å². The number of carbonyl (C=O) groups is 2. The summed E-state index contributed by atoms with van der Waals surface area (Å²) in [5.41, 5.74) is 1.11. The normalized spacial score (nSPS) is 19.3. The van der Waals surface area contributed by atoms with Gasteiger partial charge in [-0.05, 0) is 17.7 Å². The highest BCUT2D eigenvalue weighted by molar-refractivity contribution is 6.30. The summed E-state index contributed by atoms with van der Waals surface area (Å²) < 4.78 is 10.3. The van der Waals surface area contributed by atoms with E-state index in [0.29, 0.717) is 44.5 Å². The number of hydrogen-bond acceptors (Lipinski definition) is 5. The lowest BCUT2D eigenvalue weighted by atomic mass is 10.0. The van der Waals surface area contributed by atoms with Crippen LogP contribution in [0.2, 0.25) is 5.02 Å². The predicted octanol–water partition coefficient (Wildman–Crippen LogP) is 1.67. The van der Waals surface area contributed by atoms with E-state index in [1.54, 1.807) is 4.90 Å². The zero-order valence-electron chi connectivity index (χ0n) is 14.7. The van der Waals surface area contributed by atoms with Gasteiger partial charge in [-0.15, -0.1) is 0 Å². The van der Waals surface area contributed by atoms with E-state index in [1.165, 1.54) is 0 Å². The van der Waals surface area contributed by atoms with E-state index >= 15 is 0 Å². The van der Waals surface area contributed by atoms with E-state index in [2.05, 4.69) is 10.2 Å². The molecule has 0 spiro atoms. The van der Waals surface area contributed by atoms with Crippen LogP contribution in [0.3, 0.4) is 0 Å². The largest absolute Gasteiger partial charge is 0.448 e. The molecule has 2 aliphatic rings. The molecule has 1 aromatic carbocycles. The van der Waals surface area contributed by atoms with Crippen molar-refractivity contribution in [1.29, 1.82) is 0 Å². The third-order valence-electron chi connectivity index (χ3n) is 4.69. The van der Waals surface area contributed by atoms with Gasteiger partial charge in [-0.2, -0.15) is 0 Å². The number of amides is 2. The number of carbonyl (C=O) groups excluding carboxylic acids is 2. The molecule has 1 N–H and O–H groups in total. The molecule has 2 fully saturated rings. The Morgan fingerprint density at radius 2 is 1.88 bits per heavy atom. The molecular formula is C18H24ClN3O4. The lowest BCUT2D eigenvalue weighted by Crippen LogP contribution is -2.44. The van der Waals surface area contributed by atoms with Crippen LogP contribution >= 0.6 is 11.6 Å². The molecule has 7 nitrogen and oxygen atoms in total. The SMILES string of the molecule is O=C(CCN1CCOC1=O)NCC(c1ccc(Cl)cc1)N1CCOCC1. The molecule has 0 aromatic heterocycles. The fourth-order valence-corrected chi connectivity index (χ4v) is 3.32. The topological polar surface area (TPSA) is 71.1 Å². The fourth-order valence-electron chi connectivity index (χ4n) is 3.20. The van der Waals surface area contributed by atoms with Gasteiger partial charge in [-0.1, -0.05) is 23.7 Å². The van der Waals surface area contributed by atoms with E-state index in [0.717, 1.165) is 18.7 Å². The molecule has 0 saturated carbocycles. The number of nitrogens with one attached hydrogen (secondary N) is 1. The fraction of sp³-hybridized carbons (Fsp3) is 0.556.